The molecule has 1 aromatic rings. The molecule has 106 valence electrons. The van der Waals surface area contributed by atoms with E-state index in [1.165, 1.54) is 11.1 Å². The van der Waals surface area contributed by atoms with Crippen LogP contribution in [0.1, 0.15) is 44.7 Å². The first-order chi connectivity index (χ1) is 9.01. The van der Waals surface area contributed by atoms with Gasteiger partial charge in [0.15, 0.2) is 0 Å². The Morgan fingerprint density at radius 2 is 1.68 bits per heavy atom. The number of hydrogen-bond acceptors (Lipinski definition) is 2. The summed E-state index contributed by atoms with van der Waals surface area (Å²) in [6.07, 6.45) is 0. The molecule has 1 aliphatic rings. The van der Waals surface area contributed by atoms with Crippen molar-refractivity contribution in [2.24, 2.45) is 17.6 Å². The zero-order valence-corrected chi connectivity index (χ0v) is 12.6. The number of rotatable bonds is 5. The van der Waals surface area contributed by atoms with E-state index in [2.05, 4.69) is 52.0 Å². The maximum absolute atomic E-state index is 6.03. The Bertz CT molecular complexity index is 404. The van der Waals surface area contributed by atoms with Gasteiger partial charge in [0.25, 0.3) is 0 Å². The molecule has 1 saturated heterocycles. The summed E-state index contributed by atoms with van der Waals surface area (Å²) >= 11 is 0. The van der Waals surface area contributed by atoms with Gasteiger partial charge in [-0.3, -0.25) is 0 Å². The third kappa shape index (κ3) is 2.56. The third-order valence-electron chi connectivity index (χ3n) is 4.64. The molecule has 0 aliphatic carbocycles. The van der Waals surface area contributed by atoms with Gasteiger partial charge in [-0.1, -0.05) is 52.0 Å². The molecule has 0 amide bonds. The van der Waals surface area contributed by atoms with E-state index in [0.29, 0.717) is 17.8 Å². The first kappa shape index (κ1) is 14.5. The molecule has 1 aromatic carbocycles. The van der Waals surface area contributed by atoms with Crippen molar-refractivity contribution < 1.29 is 4.74 Å². The van der Waals surface area contributed by atoms with Crippen LogP contribution in [0.25, 0.3) is 0 Å². The Morgan fingerprint density at radius 3 is 2.00 bits per heavy atom. The molecule has 2 N–H and O–H groups in total. The highest BCUT2D eigenvalue weighted by Gasteiger charge is 2.47. The van der Waals surface area contributed by atoms with Crippen molar-refractivity contribution in [1.82, 2.24) is 0 Å². The van der Waals surface area contributed by atoms with Gasteiger partial charge >= 0.3 is 0 Å². The molecular weight excluding hydrogens is 234 g/mol. The number of nitrogens with two attached hydrogens (primary N) is 1. The smallest absolute Gasteiger partial charge is 0.0588 e. The standard InChI is InChI=1S/C17H27NO/c1-12(2)14-5-7-15(8-6-14)17(10-19-11-17)16(9-18)13(3)4/h5-8,12-13,16H,9-11,18H2,1-4H3. The lowest BCUT2D eigenvalue weighted by atomic mass is 9.64. The molecule has 0 spiro atoms. The Hall–Kier alpha value is -0.860. The molecule has 1 heterocycles. The molecule has 1 fully saturated rings. The van der Waals surface area contributed by atoms with Crippen molar-refractivity contribution in [3.63, 3.8) is 0 Å². The first-order valence-corrected chi connectivity index (χ1v) is 7.39. The van der Waals surface area contributed by atoms with Crippen LogP contribution in [-0.4, -0.2) is 19.8 Å². The largest absolute Gasteiger partial charge is 0.379 e. The Labute approximate surface area is 117 Å². The van der Waals surface area contributed by atoms with E-state index in [1.54, 1.807) is 0 Å². The van der Waals surface area contributed by atoms with Crippen molar-refractivity contribution >= 4 is 0 Å². The van der Waals surface area contributed by atoms with E-state index in [1.807, 2.05) is 0 Å². The molecule has 19 heavy (non-hydrogen) atoms. The first-order valence-electron chi connectivity index (χ1n) is 7.39. The summed E-state index contributed by atoms with van der Waals surface area (Å²) in [6.45, 7) is 11.3. The van der Waals surface area contributed by atoms with Gasteiger partial charge in [0.2, 0.25) is 0 Å². The molecule has 1 atom stereocenters. The maximum Gasteiger partial charge on any atom is 0.0588 e. The van der Waals surface area contributed by atoms with Gasteiger partial charge in [-0.15, -0.1) is 0 Å². The fraction of sp³-hybridized carbons (Fsp3) is 0.647. The van der Waals surface area contributed by atoms with Crippen LogP contribution < -0.4 is 5.73 Å². The van der Waals surface area contributed by atoms with Gasteiger partial charge in [-0.05, 0) is 35.4 Å². The Balaban J connectivity index is 2.30. The molecule has 1 aliphatic heterocycles. The van der Waals surface area contributed by atoms with E-state index in [9.17, 15) is 0 Å². The highest BCUT2D eigenvalue weighted by atomic mass is 16.5. The van der Waals surface area contributed by atoms with E-state index < -0.39 is 0 Å². The van der Waals surface area contributed by atoms with Crippen LogP contribution >= 0.6 is 0 Å². The van der Waals surface area contributed by atoms with Crippen LogP contribution in [0.3, 0.4) is 0 Å². The molecule has 2 nitrogen and oxygen atoms in total. The van der Waals surface area contributed by atoms with Crippen LogP contribution in [0.2, 0.25) is 0 Å². The fourth-order valence-corrected chi connectivity index (χ4v) is 3.25. The van der Waals surface area contributed by atoms with Crippen molar-refractivity contribution in [2.45, 2.75) is 39.0 Å². The predicted molar refractivity (Wildman–Crippen MR) is 80.4 cm³/mol. The quantitative estimate of drug-likeness (QED) is 0.882. The molecule has 0 bridgehead atoms. The second kappa shape index (κ2) is 5.64. The van der Waals surface area contributed by atoms with Crippen LogP contribution in [0, 0.1) is 11.8 Å². The van der Waals surface area contributed by atoms with Gasteiger partial charge in [0.05, 0.1) is 13.2 Å². The maximum atomic E-state index is 6.03. The minimum absolute atomic E-state index is 0.137. The summed E-state index contributed by atoms with van der Waals surface area (Å²) in [4.78, 5) is 0. The summed E-state index contributed by atoms with van der Waals surface area (Å²) in [5.41, 5.74) is 8.96. The fourth-order valence-electron chi connectivity index (χ4n) is 3.25. The molecule has 0 aromatic heterocycles. The van der Waals surface area contributed by atoms with Gasteiger partial charge < -0.3 is 10.5 Å². The monoisotopic (exact) mass is 261 g/mol. The highest BCUT2D eigenvalue weighted by Crippen LogP contribution is 2.42. The number of benzene rings is 1. The summed E-state index contributed by atoms with van der Waals surface area (Å²) in [5.74, 6) is 1.66. The van der Waals surface area contributed by atoms with Crippen LogP contribution in [0.5, 0.6) is 0 Å². The molecule has 0 saturated carbocycles. The summed E-state index contributed by atoms with van der Waals surface area (Å²) in [5, 5.41) is 0. The molecule has 1 unspecified atom stereocenters. The zero-order valence-electron chi connectivity index (χ0n) is 12.6. The topological polar surface area (TPSA) is 35.2 Å². The van der Waals surface area contributed by atoms with Crippen molar-refractivity contribution in [3.05, 3.63) is 35.4 Å². The summed E-state index contributed by atoms with van der Waals surface area (Å²) in [6, 6.07) is 9.08. The normalized spacial score (nSPS) is 19.5. The number of hydrogen-bond donors (Lipinski definition) is 1. The average Bonchev–Trinajstić information content (AvgIpc) is 2.33. The van der Waals surface area contributed by atoms with Crippen molar-refractivity contribution in [1.29, 1.82) is 0 Å². The summed E-state index contributed by atoms with van der Waals surface area (Å²) in [7, 11) is 0. The SMILES string of the molecule is CC(C)c1ccc(C2(C(CN)C(C)C)COC2)cc1. The average molecular weight is 261 g/mol. The van der Waals surface area contributed by atoms with Crippen LogP contribution in [0.15, 0.2) is 24.3 Å². The van der Waals surface area contributed by atoms with Gasteiger partial charge in [-0.2, -0.15) is 0 Å². The van der Waals surface area contributed by atoms with E-state index in [4.69, 9.17) is 10.5 Å². The second-order valence-corrected chi connectivity index (χ2v) is 6.51. The zero-order chi connectivity index (χ0) is 14.0. The van der Waals surface area contributed by atoms with Gasteiger partial charge in [-0.25, -0.2) is 0 Å². The van der Waals surface area contributed by atoms with Crippen LogP contribution in [-0.2, 0) is 10.2 Å². The molecule has 2 rings (SSSR count). The molecule has 2 heteroatoms. The lowest BCUT2D eigenvalue weighted by molar-refractivity contribution is -0.0982. The van der Waals surface area contributed by atoms with Crippen molar-refractivity contribution in [3.8, 4) is 0 Å². The van der Waals surface area contributed by atoms with Gasteiger partial charge in [0, 0.05) is 5.41 Å². The van der Waals surface area contributed by atoms with Crippen molar-refractivity contribution in [2.75, 3.05) is 19.8 Å². The highest BCUT2D eigenvalue weighted by molar-refractivity contribution is 5.33. The minimum atomic E-state index is 0.137. The minimum Gasteiger partial charge on any atom is -0.379 e. The third-order valence-corrected chi connectivity index (χ3v) is 4.64. The number of ether oxygens (including phenoxy) is 1. The molecular formula is C17H27NO. The predicted octanol–water partition coefficient (Wildman–Crippen LogP) is 3.31. The summed E-state index contributed by atoms with van der Waals surface area (Å²) < 4.78 is 5.55. The molecule has 0 radical (unpaired) electrons. The van der Waals surface area contributed by atoms with Crippen LogP contribution in [0.4, 0.5) is 0 Å². The van der Waals surface area contributed by atoms with E-state index in [0.717, 1.165) is 19.8 Å². The van der Waals surface area contributed by atoms with E-state index >= 15 is 0 Å². The Kier molecular flexibility index (Phi) is 4.32. The Morgan fingerprint density at radius 1 is 1.11 bits per heavy atom. The lowest BCUT2D eigenvalue weighted by Crippen LogP contribution is -2.56. The van der Waals surface area contributed by atoms with Gasteiger partial charge in [0.1, 0.15) is 0 Å². The van der Waals surface area contributed by atoms with E-state index in [-0.39, 0.29) is 5.41 Å². The second-order valence-electron chi connectivity index (χ2n) is 6.51. The lowest BCUT2D eigenvalue weighted by Gasteiger charge is -2.49.